The summed E-state index contributed by atoms with van der Waals surface area (Å²) in [4.78, 5) is 0. The number of phenols is 1. The summed E-state index contributed by atoms with van der Waals surface area (Å²) in [5.41, 5.74) is 6.34. The summed E-state index contributed by atoms with van der Waals surface area (Å²) in [5.74, 6) is 0.255. The number of rotatable bonds is 1. The third-order valence-electron chi connectivity index (χ3n) is 1.15. The van der Waals surface area contributed by atoms with Crippen molar-refractivity contribution in [1.82, 2.24) is 0 Å². The van der Waals surface area contributed by atoms with E-state index >= 15 is 0 Å². The van der Waals surface area contributed by atoms with Crippen LogP contribution >= 0.6 is 0 Å². The molecule has 0 saturated heterocycles. The molecule has 0 aliphatic heterocycles. The van der Waals surface area contributed by atoms with Crippen molar-refractivity contribution in [2.75, 3.05) is 0 Å². The van der Waals surface area contributed by atoms with Crippen molar-refractivity contribution >= 4 is 20.1 Å². The van der Waals surface area contributed by atoms with Crippen LogP contribution in [0.2, 0.25) is 0 Å². The molecule has 0 aliphatic rings. The fraction of sp³-hybridized carbons (Fsp3) is 0. The van der Waals surface area contributed by atoms with E-state index < -0.39 is 0 Å². The molecule has 0 radical (unpaired) electrons. The Hall–Kier alpha value is -0.791. The summed E-state index contributed by atoms with van der Waals surface area (Å²) in [6.07, 6.45) is 0. The molecule has 0 aromatic heterocycles. The van der Waals surface area contributed by atoms with E-state index in [1.165, 1.54) is 0 Å². The van der Waals surface area contributed by atoms with Crippen molar-refractivity contribution in [2.45, 2.75) is 0 Å². The first-order valence-electron chi connectivity index (χ1n) is 2.79. The van der Waals surface area contributed by atoms with Crippen LogP contribution in [0, 0.1) is 0 Å². The Morgan fingerprint density at radius 2 is 1.80 bits per heavy atom. The van der Waals surface area contributed by atoms with Gasteiger partial charge in [-0.15, -0.1) is 0 Å². The normalized spacial score (nSPS) is 9.20. The Morgan fingerprint density at radius 1 is 1.30 bits per heavy atom. The second-order valence-corrected chi connectivity index (χ2v) is 2.83. The van der Waals surface area contributed by atoms with Gasteiger partial charge >= 0.3 is 66.5 Å². The SMILES string of the molecule is NC(=[Se])c1ccc(O)cc1. The zero-order valence-corrected chi connectivity index (χ0v) is 6.96. The van der Waals surface area contributed by atoms with Gasteiger partial charge < -0.3 is 0 Å². The Bertz CT molecular complexity index is 242. The predicted molar refractivity (Wildman–Crippen MR) is 42.2 cm³/mol. The summed E-state index contributed by atoms with van der Waals surface area (Å²) in [6.45, 7) is 0. The van der Waals surface area contributed by atoms with Crippen molar-refractivity contribution in [1.29, 1.82) is 0 Å². The molecule has 52 valence electrons. The molecule has 2 nitrogen and oxygen atoms in total. The van der Waals surface area contributed by atoms with Crippen LogP contribution in [0.15, 0.2) is 24.3 Å². The van der Waals surface area contributed by atoms with Gasteiger partial charge in [-0.05, 0) is 0 Å². The van der Waals surface area contributed by atoms with Gasteiger partial charge in [-0.2, -0.15) is 0 Å². The summed E-state index contributed by atoms with van der Waals surface area (Å²) in [7, 11) is 0. The Labute approximate surface area is 67.0 Å². The predicted octanol–water partition coefficient (Wildman–Crippen LogP) is -0.00260. The van der Waals surface area contributed by atoms with Crippen LogP contribution in [0.3, 0.4) is 0 Å². The van der Waals surface area contributed by atoms with Gasteiger partial charge in [-0.25, -0.2) is 0 Å². The second-order valence-electron chi connectivity index (χ2n) is 1.91. The molecule has 0 heterocycles. The first kappa shape index (κ1) is 7.32. The van der Waals surface area contributed by atoms with Crippen molar-refractivity contribution in [3.05, 3.63) is 29.8 Å². The molecule has 0 spiro atoms. The monoisotopic (exact) mass is 201 g/mol. The van der Waals surface area contributed by atoms with Crippen LogP contribution in [-0.2, 0) is 0 Å². The van der Waals surface area contributed by atoms with Crippen molar-refractivity contribution in [3.8, 4) is 5.75 Å². The molecule has 1 aromatic carbocycles. The molecule has 0 amide bonds. The standard InChI is InChI=1S/C7H7NOSe/c8-7(10)5-1-3-6(9)4-2-5/h1-4,9H,(H2,8,10). The number of nitrogens with two attached hydrogens (primary N) is 1. The summed E-state index contributed by atoms with van der Waals surface area (Å²) < 4.78 is 0.639. The minimum atomic E-state index is 0.255. The maximum atomic E-state index is 8.88. The first-order valence-corrected chi connectivity index (χ1v) is 3.64. The first-order chi connectivity index (χ1) is 4.70. The molecule has 0 fully saturated rings. The van der Waals surface area contributed by atoms with Gasteiger partial charge in [-0.1, -0.05) is 0 Å². The van der Waals surface area contributed by atoms with Crippen LogP contribution in [-0.4, -0.2) is 25.2 Å². The van der Waals surface area contributed by atoms with Gasteiger partial charge in [0.15, 0.2) is 0 Å². The van der Waals surface area contributed by atoms with Gasteiger partial charge in [0.1, 0.15) is 0 Å². The minimum absolute atomic E-state index is 0.255. The summed E-state index contributed by atoms with van der Waals surface area (Å²) in [5, 5.41) is 8.88. The molecule has 0 bridgehead atoms. The van der Waals surface area contributed by atoms with Crippen LogP contribution < -0.4 is 5.73 Å². The van der Waals surface area contributed by atoms with Gasteiger partial charge in [-0.3, -0.25) is 0 Å². The van der Waals surface area contributed by atoms with E-state index in [9.17, 15) is 0 Å². The van der Waals surface area contributed by atoms with Crippen LogP contribution in [0.25, 0.3) is 0 Å². The third-order valence-corrected chi connectivity index (χ3v) is 1.65. The topological polar surface area (TPSA) is 46.2 Å². The average Bonchev–Trinajstić information content (AvgIpc) is 1.88. The van der Waals surface area contributed by atoms with E-state index in [0.29, 0.717) is 4.54 Å². The zero-order valence-electron chi connectivity index (χ0n) is 5.24. The van der Waals surface area contributed by atoms with Gasteiger partial charge in [0.05, 0.1) is 0 Å². The van der Waals surface area contributed by atoms with E-state index in [1.807, 2.05) is 0 Å². The van der Waals surface area contributed by atoms with E-state index in [-0.39, 0.29) is 5.75 Å². The molecule has 1 rings (SSSR count). The van der Waals surface area contributed by atoms with Crippen LogP contribution in [0.4, 0.5) is 0 Å². The molecular weight excluding hydrogens is 193 g/mol. The second kappa shape index (κ2) is 2.86. The quantitative estimate of drug-likeness (QED) is 0.626. The van der Waals surface area contributed by atoms with Gasteiger partial charge in [0.2, 0.25) is 0 Å². The number of phenolic OH excluding ortho intramolecular Hbond substituents is 1. The Kier molecular flexibility index (Phi) is 2.09. The Balaban J connectivity index is 3.00. The van der Waals surface area contributed by atoms with E-state index in [2.05, 4.69) is 15.6 Å². The molecule has 0 saturated carbocycles. The van der Waals surface area contributed by atoms with Crippen LogP contribution in [0.5, 0.6) is 5.75 Å². The third kappa shape index (κ3) is 1.59. The van der Waals surface area contributed by atoms with Gasteiger partial charge in [0.25, 0.3) is 0 Å². The van der Waals surface area contributed by atoms with E-state index in [4.69, 9.17) is 10.8 Å². The molecule has 1 aromatic rings. The van der Waals surface area contributed by atoms with E-state index in [1.54, 1.807) is 24.3 Å². The number of benzene rings is 1. The van der Waals surface area contributed by atoms with Crippen molar-refractivity contribution < 1.29 is 5.11 Å². The summed E-state index contributed by atoms with van der Waals surface area (Å²) >= 11 is 2.69. The molecular formula is C7H7NOSe. The molecule has 3 N–H and O–H groups in total. The van der Waals surface area contributed by atoms with E-state index in [0.717, 1.165) is 5.56 Å². The molecule has 3 heteroatoms. The number of hydrogen-bond acceptors (Lipinski definition) is 2. The fourth-order valence-electron chi connectivity index (χ4n) is 0.626. The van der Waals surface area contributed by atoms with Gasteiger partial charge in [0, 0.05) is 0 Å². The molecule has 0 unspecified atom stereocenters. The van der Waals surface area contributed by atoms with Crippen molar-refractivity contribution in [2.24, 2.45) is 5.73 Å². The fourth-order valence-corrected chi connectivity index (χ4v) is 0.911. The Morgan fingerprint density at radius 3 is 2.20 bits per heavy atom. The zero-order chi connectivity index (χ0) is 7.56. The number of hydrogen-bond donors (Lipinski definition) is 2. The average molecular weight is 200 g/mol. The summed E-state index contributed by atoms with van der Waals surface area (Å²) in [6, 6.07) is 6.70. The van der Waals surface area contributed by atoms with Crippen LogP contribution in [0.1, 0.15) is 5.56 Å². The molecule has 0 atom stereocenters. The van der Waals surface area contributed by atoms with Crippen molar-refractivity contribution in [3.63, 3.8) is 0 Å². The maximum absolute atomic E-state index is 8.88. The molecule has 10 heavy (non-hydrogen) atoms. The molecule has 0 aliphatic carbocycles. The number of aromatic hydroxyl groups is 1.